The fraction of sp³-hybridized carbons (Fsp3) is 0. The summed E-state index contributed by atoms with van der Waals surface area (Å²) in [6.45, 7) is 0. The quantitative estimate of drug-likeness (QED) is 0.473. The Kier molecular flexibility index (Phi) is 4.63. The molecule has 0 radical (unpaired) electrons. The second-order valence-electron chi connectivity index (χ2n) is 6.09. The van der Waals surface area contributed by atoms with Crippen LogP contribution in [0, 0.1) is 0 Å². The number of imide groups is 1. The van der Waals surface area contributed by atoms with Crippen LogP contribution in [0.4, 0.5) is 11.4 Å². The van der Waals surface area contributed by atoms with E-state index in [1.54, 1.807) is 48.5 Å². The van der Waals surface area contributed by atoms with Crippen molar-refractivity contribution in [2.75, 3.05) is 4.90 Å². The van der Waals surface area contributed by atoms with Crippen LogP contribution in [0.5, 0.6) is 5.75 Å². The number of carbonyl (C=O) groups is 2. The number of nitrogens with zero attached hydrogens (tertiary/aromatic N) is 2. The molecule has 28 heavy (non-hydrogen) atoms. The average molecular weight is 411 g/mol. The number of phenolic OH excluding ortho intramolecular Hbond substituents is 1. The van der Waals surface area contributed by atoms with Crippen LogP contribution in [-0.4, -0.2) is 23.1 Å². The zero-order valence-corrected chi connectivity index (χ0v) is 15.8. The van der Waals surface area contributed by atoms with Crippen molar-refractivity contribution in [1.29, 1.82) is 0 Å². The molecular weight excluding hydrogens is 399 g/mol. The summed E-state index contributed by atoms with van der Waals surface area (Å²) in [5.41, 5.74) is 1.94. The van der Waals surface area contributed by atoms with Crippen LogP contribution in [-0.2, 0) is 0 Å². The highest BCUT2D eigenvalue weighted by atomic mass is 35.5. The highest BCUT2D eigenvalue weighted by molar-refractivity contribution is 6.36. The standard InChI is InChI=1S/C21H12Cl2N2O3/c22-13-5-8-19(26)12(9-13)11-24-18-7-6-14(10-17(18)23)25-20(27)15-3-1-2-4-16(15)21(25)28/h1-11,26H. The van der Waals surface area contributed by atoms with E-state index in [2.05, 4.69) is 4.99 Å². The van der Waals surface area contributed by atoms with Gasteiger partial charge in [0.25, 0.3) is 11.8 Å². The van der Waals surface area contributed by atoms with Crippen LogP contribution in [0.3, 0.4) is 0 Å². The summed E-state index contributed by atoms with van der Waals surface area (Å²) < 4.78 is 0. The van der Waals surface area contributed by atoms with Crippen molar-refractivity contribution in [3.63, 3.8) is 0 Å². The zero-order valence-electron chi connectivity index (χ0n) is 14.3. The predicted molar refractivity (Wildman–Crippen MR) is 109 cm³/mol. The van der Waals surface area contributed by atoms with Gasteiger partial charge in [-0.1, -0.05) is 35.3 Å². The molecule has 0 aliphatic carbocycles. The lowest BCUT2D eigenvalue weighted by Gasteiger charge is -2.14. The number of amides is 2. The van der Waals surface area contributed by atoms with Gasteiger partial charge in [0.2, 0.25) is 0 Å². The van der Waals surface area contributed by atoms with Gasteiger partial charge < -0.3 is 5.11 Å². The first-order chi connectivity index (χ1) is 13.5. The van der Waals surface area contributed by atoms with Gasteiger partial charge in [-0.25, -0.2) is 4.90 Å². The molecule has 0 spiro atoms. The van der Waals surface area contributed by atoms with Gasteiger partial charge in [-0.15, -0.1) is 0 Å². The highest BCUT2D eigenvalue weighted by Crippen LogP contribution is 2.34. The molecule has 1 N–H and O–H groups in total. The number of benzene rings is 3. The Morgan fingerprint density at radius 3 is 2.21 bits per heavy atom. The minimum Gasteiger partial charge on any atom is -0.507 e. The summed E-state index contributed by atoms with van der Waals surface area (Å²) in [6.07, 6.45) is 1.43. The number of carbonyl (C=O) groups excluding carboxylic acids is 2. The molecule has 0 fully saturated rings. The van der Waals surface area contributed by atoms with Crippen molar-refractivity contribution < 1.29 is 14.7 Å². The van der Waals surface area contributed by atoms with Crippen molar-refractivity contribution in [2.45, 2.75) is 0 Å². The van der Waals surface area contributed by atoms with Crippen LogP contribution >= 0.6 is 23.2 Å². The Labute approximate surface area is 170 Å². The van der Waals surface area contributed by atoms with Gasteiger partial charge in [0.1, 0.15) is 5.75 Å². The van der Waals surface area contributed by atoms with E-state index in [1.165, 1.54) is 18.3 Å². The summed E-state index contributed by atoms with van der Waals surface area (Å²) in [6, 6.07) is 16.0. The first-order valence-corrected chi connectivity index (χ1v) is 9.01. The van der Waals surface area contributed by atoms with Crippen LogP contribution in [0.25, 0.3) is 0 Å². The van der Waals surface area contributed by atoms with E-state index < -0.39 is 11.8 Å². The number of aromatic hydroxyl groups is 1. The molecule has 2 amide bonds. The van der Waals surface area contributed by atoms with E-state index in [-0.39, 0.29) is 10.8 Å². The molecule has 0 saturated heterocycles. The summed E-state index contributed by atoms with van der Waals surface area (Å²) in [5.74, 6) is -0.750. The first-order valence-electron chi connectivity index (χ1n) is 8.25. The largest absolute Gasteiger partial charge is 0.507 e. The minimum atomic E-state index is -0.392. The van der Waals surface area contributed by atoms with Crippen LogP contribution < -0.4 is 4.90 Å². The van der Waals surface area contributed by atoms with E-state index in [4.69, 9.17) is 23.2 Å². The molecule has 1 aliphatic heterocycles. The van der Waals surface area contributed by atoms with Gasteiger partial charge in [-0.05, 0) is 48.5 Å². The lowest BCUT2D eigenvalue weighted by molar-refractivity contribution is 0.0926. The molecule has 1 aliphatic rings. The van der Waals surface area contributed by atoms with E-state index in [0.29, 0.717) is 33.1 Å². The minimum absolute atomic E-state index is 0.0342. The molecule has 0 unspecified atom stereocenters. The third kappa shape index (κ3) is 3.15. The van der Waals surface area contributed by atoms with Gasteiger partial charge in [-0.2, -0.15) is 0 Å². The summed E-state index contributed by atoms with van der Waals surface area (Å²) in [7, 11) is 0. The Hall–Kier alpha value is -3.15. The molecule has 4 rings (SSSR count). The Morgan fingerprint density at radius 2 is 1.57 bits per heavy atom. The molecule has 5 nitrogen and oxygen atoms in total. The van der Waals surface area contributed by atoms with Gasteiger partial charge >= 0.3 is 0 Å². The fourth-order valence-corrected chi connectivity index (χ4v) is 3.34. The topological polar surface area (TPSA) is 70.0 Å². The smallest absolute Gasteiger partial charge is 0.266 e. The normalized spacial score (nSPS) is 13.4. The third-order valence-electron chi connectivity index (χ3n) is 4.32. The molecule has 0 atom stereocenters. The number of halogens is 2. The van der Waals surface area contributed by atoms with E-state index in [1.807, 2.05) is 0 Å². The lowest BCUT2D eigenvalue weighted by Crippen LogP contribution is -2.29. The maximum absolute atomic E-state index is 12.6. The van der Waals surface area contributed by atoms with E-state index >= 15 is 0 Å². The van der Waals surface area contributed by atoms with Crippen molar-refractivity contribution >= 4 is 52.6 Å². The molecule has 0 aromatic heterocycles. The number of rotatable bonds is 3. The van der Waals surface area contributed by atoms with Crippen molar-refractivity contribution in [1.82, 2.24) is 0 Å². The molecule has 1 heterocycles. The highest BCUT2D eigenvalue weighted by Gasteiger charge is 2.36. The van der Waals surface area contributed by atoms with Crippen molar-refractivity contribution in [2.24, 2.45) is 4.99 Å². The molecule has 3 aromatic carbocycles. The number of hydrogen-bond donors (Lipinski definition) is 1. The van der Waals surface area contributed by atoms with E-state index in [0.717, 1.165) is 4.90 Å². The second kappa shape index (κ2) is 7.11. The summed E-state index contributed by atoms with van der Waals surface area (Å²) in [4.78, 5) is 30.5. The number of phenols is 1. The van der Waals surface area contributed by atoms with Gasteiger partial charge in [0.05, 0.1) is 27.5 Å². The monoisotopic (exact) mass is 410 g/mol. The Balaban J connectivity index is 1.64. The first kappa shape index (κ1) is 18.2. The fourth-order valence-electron chi connectivity index (χ4n) is 2.93. The maximum Gasteiger partial charge on any atom is 0.266 e. The molecular formula is C21H12Cl2N2O3. The Bertz CT molecular complexity index is 1120. The molecule has 0 saturated carbocycles. The zero-order chi connectivity index (χ0) is 19.8. The summed E-state index contributed by atoms with van der Waals surface area (Å²) in [5, 5.41) is 10.6. The van der Waals surface area contributed by atoms with Gasteiger partial charge in [0.15, 0.2) is 0 Å². The number of anilines is 1. The summed E-state index contributed by atoms with van der Waals surface area (Å²) >= 11 is 12.2. The molecule has 138 valence electrons. The molecule has 7 heteroatoms. The van der Waals surface area contributed by atoms with E-state index in [9.17, 15) is 14.7 Å². The Morgan fingerprint density at radius 1 is 0.893 bits per heavy atom. The van der Waals surface area contributed by atoms with Crippen molar-refractivity contribution in [3.8, 4) is 5.75 Å². The number of aliphatic imine (C=N–C) groups is 1. The molecule has 0 bridgehead atoms. The average Bonchev–Trinajstić information content (AvgIpc) is 2.94. The predicted octanol–water partition coefficient (Wildman–Crippen LogP) is 5.25. The number of fused-ring (bicyclic) bond motifs is 1. The number of hydrogen-bond acceptors (Lipinski definition) is 4. The van der Waals surface area contributed by atoms with Crippen molar-refractivity contribution in [3.05, 3.63) is 87.4 Å². The van der Waals surface area contributed by atoms with Crippen LogP contribution in [0.2, 0.25) is 10.0 Å². The van der Waals surface area contributed by atoms with Crippen LogP contribution in [0.1, 0.15) is 26.3 Å². The SMILES string of the molecule is O=C1c2ccccc2C(=O)N1c1ccc(N=Cc2cc(Cl)ccc2O)c(Cl)c1. The molecule has 3 aromatic rings. The lowest BCUT2D eigenvalue weighted by atomic mass is 10.1. The van der Waals surface area contributed by atoms with Gasteiger partial charge in [-0.3, -0.25) is 14.6 Å². The third-order valence-corrected chi connectivity index (χ3v) is 4.85. The maximum atomic E-state index is 12.6. The van der Waals surface area contributed by atoms with Gasteiger partial charge in [0, 0.05) is 16.8 Å². The second-order valence-corrected chi connectivity index (χ2v) is 6.93. The van der Waals surface area contributed by atoms with Crippen LogP contribution in [0.15, 0.2) is 65.7 Å².